The molecule has 0 N–H and O–H groups in total. The van der Waals surface area contributed by atoms with Crippen molar-refractivity contribution in [2.24, 2.45) is 5.41 Å². The van der Waals surface area contributed by atoms with E-state index in [0.29, 0.717) is 5.88 Å². The lowest BCUT2D eigenvalue weighted by molar-refractivity contribution is 0.326. The van der Waals surface area contributed by atoms with Crippen LogP contribution in [0.2, 0.25) is 0 Å². The van der Waals surface area contributed by atoms with Crippen molar-refractivity contribution in [1.29, 1.82) is 0 Å². The summed E-state index contributed by atoms with van der Waals surface area (Å²) >= 11 is 0. The van der Waals surface area contributed by atoms with Crippen LogP contribution in [0.15, 0.2) is 138 Å². The molecule has 0 amide bonds. The molecule has 5 aromatic carbocycles. The van der Waals surface area contributed by atoms with E-state index >= 15 is 0 Å². The van der Waals surface area contributed by atoms with Gasteiger partial charge >= 0.3 is 0 Å². The molecule has 1 spiro atoms. The van der Waals surface area contributed by atoms with Crippen molar-refractivity contribution in [2.45, 2.75) is 39.5 Å². The molecule has 0 fully saturated rings. The van der Waals surface area contributed by atoms with Gasteiger partial charge < -0.3 is 9.15 Å². The van der Waals surface area contributed by atoms with Gasteiger partial charge in [-0.25, -0.2) is 4.98 Å². The van der Waals surface area contributed by atoms with Gasteiger partial charge in [-0.05, 0) is 143 Å². The Hall–Kier alpha value is -6.00. The van der Waals surface area contributed by atoms with Gasteiger partial charge in [0.1, 0.15) is 11.3 Å². The second kappa shape index (κ2) is 11.5. The van der Waals surface area contributed by atoms with Crippen LogP contribution in [0.25, 0.3) is 55.6 Å². The van der Waals surface area contributed by atoms with Crippen LogP contribution in [0.3, 0.4) is 0 Å². The molecule has 0 atom stereocenters. The summed E-state index contributed by atoms with van der Waals surface area (Å²) in [6.07, 6.45) is 6.35. The topological polar surface area (TPSA) is 48.2 Å². The van der Waals surface area contributed by atoms with Crippen LogP contribution in [0.5, 0.6) is 11.6 Å². The predicted molar refractivity (Wildman–Crippen MR) is 205 cm³/mol. The van der Waals surface area contributed by atoms with Crippen LogP contribution in [-0.2, 0) is 25.7 Å². The zero-order chi connectivity index (χ0) is 34.1. The molecule has 0 saturated carbocycles. The van der Waals surface area contributed by atoms with Crippen molar-refractivity contribution in [3.05, 3.63) is 167 Å². The number of aryl methyl sites for hydroxylation is 2. The highest BCUT2D eigenvalue weighted by Gasteiger charge is 2.42. The second-order valence-electron chi connectivity index (χ2n) is 14.6. The third kappa shape index (κ3) is 5.21. The summed E-state index contributed by atoms with van der Waals surface area (Å²) in [5, 5.41) is 2.21. The van der Waals surface area contributed by atoms with Gasteiger partial charge in [-0.2, -0.15) is 0 Å². The summed E-state index contributed by atoms with van der Waals surface area (Å²) in [6, 6.07) is 44.9. The lowest BCUT2D eigenvalue weighted by Gasteiger charge is -2.21. The molecule has 10 rings (SSSR count). The smallest absolute Gasteiger partial charge is 0.219 e. The maximum absolute atomic E-state index is 6.55. The molecule has 2 aliphatic carbocycles. The number of rotatable bonds is 5. The van der Waals surface area contributed by atoms with E-state index in [9.17, 15) is 0 Å². The van der Waals surface area contributed by atoms with Gasteiger partial charge in [0.05, 0.1) is 17.6 Å². The van der Waals surface area contributed by atoms with Crippen LogP contribution in [0.1, 0.15) is 33.4 Å². The van der Waals surface area contributed by atoms with Gasteiger partial charge in [0, 0.05) is 16.8 Å². The van der Waals surface area contributed by atoms with Gasteiger partial charge in [0.15, 0.2) is 5.58 Å². The van der Waals surface area contributed by atoms with Crippen molar-refractivity contribution in [3.63, 3.8) is 0 Å². The third-order valence-corrected chi connectivity index (χ3v) is 11.1. The molecule has 4 heteroatoms. The molecular formula is C47H36N2O2. The highest BCUT2D eigenvalue weighted by molar-refractivity contribution is 6.06. The molecule has 3 heterocycles. The number of hydrogen-bond acceptors (Lipinski definition) is 4. The highest BCUT2D eigenvalue weighted by atomic mass is 16.5. The summed E-state index contributed by atoms with van der Waals surface area (Å²) in [5.41, 5.74) is 16.5. The van der Waals surface area contributed by atoms with E-state index in [0.717, 1.165) is 81.4 Å². The Balaban J connectivity index is 0.985. The number of furan rings is 1. The second-order valence-corrected chi connectivity index (χ2v) is 14.6. The molecule has 0 unspecified atom stereocenters. The number of ether oxygens (including phenoxy) is 1. The van der Waals surface area contributed by atoms with E-state index in [2.05, 4.69) is 117 Å². The molecule has 0 radical (unpaired) electrons. The Morgan fingerprint density at radius 1 is 0.549 bits per heavy atom. The summed E-state index contributed by atoms with van der Waals surface area (Å²) in [6.45, 7) is 4.32. The lowest BCUT2D eigenvalue weighted by atomic mass is 9.82. The Kier molecular flexibility index (Phi) is 6.75. The van der Waals surface area contributed by atoms with E-state index < -0.39 is 0 Å². The summed E-state index contributed by atoms with van der Waals surface area (Å²) in [7, 11) is 0. The highest BCUT2D eigenvalue weighted by Crippen LogP contribution is 2.49. The largest absolute Gasteiger partial charge is 0.454 e. The minimum absolute atomic E-state index is 0.290. The summed E-state index contributed by atoms with van der Waals surface area (Å²) in [5.74, 6) is 1.25. The first-order valence-corrected chi connectivity index (χ1v) is 17.8. The Morgan fingerprint density at radius 3 is 2.00 bits per heavy atom. The first-order chi connectivity index (χ1) is 25.0. The zero-order valence-corrected chi connectivity index (χ0v) is 28.7. The number of benzene rings is 5. The SMILES string of the molecule is Cc1cccc(C)c1-c1cc(Oc2cccc(-c3cc4c(cn3)oc3cc5c(cc34)CC3(Cc4ccccc4C3)C5)n2)cc(-c2ccccc2)c1. The van der Waals surface area contributed by atoms with Crippen LogP contribution < -0.4 is 4.74 Å². The molecule has 4 nitrogen and oxygen atoms in total. The molecule has 0 bridgehead atoms. The van der Waals surface area contributed by atoms with E-state index in [1.165, 1.54) is 38.9 Å². The monoisotopic (exact) mass is 660 g/mol. The van der Waals surface area contributed by atoms with Gasteiger partial charge in [-0.1, -0.05) is 78.9 Å². The summed E-state index contributed by atoms with van der Waals surface area (Å²) < 4.78 is 12.9. The van der Waals surface area contributed by atoms with E-state index in [1.54, 1.807) is 0 Å². The van der Waals surface area contributed by atoms with Gasteiger partial charge in [-0.15, -0.1) is 0 Å². The zero-order valence-electron chi connectivity index (χ0n) is 28.7. The molecule has 2 aliphatic rings. The number of aromatic nitrogens is 2. The average molecular weight is 661 g/mol. The quantitative estimate of drug-likeness (QED) is 0.184. The fraction of sp³-hybridized carbons (Fsp3) is 0.149. The van der Waals surface area contributed by atoms with Crippen molar-refractivity contribution in [2.75, 3.05) is 0 Å². The molecule has 51 heavy (non-hydrogen) atoms. The normalized spacial score (nSPS) is 14.3. The standard InChI is InChI=1S/C47H36N2O2/c1-29-10-8-11-30(2)46(29)35-18-34(31-12-4-3-5-13-31)19-38(20-35)50-45-17-9-16-41(49-45)42-23-40-39-21-36-26-47(24-32-14-6-7-15-33(32)25-47)27-37(36)22-43(39)51-44(40)28-48-42/h3-23,28H,24-27H2,1-2H3. The van der Waals surface area contributed by atoms with Crippen LogP contribution in [-0.4, -0.2) is 9.97 Å². The predicted octanol–water partition coefficient (Wildman–Crippen LogP) is 11.7. The number of hydrogen-bond donors (Lipinski definition) is 0. The minimum Gasteiger partial charge on any atom is -0.454 e. The average Bonchev–Trinajstić information content (AvgIpc) is 3.80. The molecule has 0 saturated heterocycles. The molecule has 0 aliphatic heterocycles. The van der Waals surface area contributed by atoms with E-state index in [-0.39, 0.29) is 5.41 Å². The lowest BCUT2D eigenvalue weighted by Crippen LogP contribution is -2.21. The van der Waals surface area contributed by atoms with Gasteiger partial charge in [-0.3, -0.25) is 4.98 Å². The van der Waals surface area contributed by atoms with Gasteiger partial charge in [0.25, 0.3) is 0 Å². The maximum atomic E-state index is 6.55. The fourth-order valence-corrected chi connectivity index (χ4v) is 8.78. The third-order valence-electron chi connectivity index (χ3n) is 11.1. The van der Waals surface area contributed by atoms with Crippen LogP contribution >= 0.6 is 0 Å². The number of pyridine rings is 2. The minimum atomic E-state index is 0.290. The van der Waals surface area contributed by atoms with Crippen molar-refractivity contribution in [1.82, 2.24) is 9.97 Å². The molecule has 246 valence electrons. The van der Waals surface area contributed by atoms with Crippen molar-refractivity contribution < 1.29 is 9.15 Å². The molecule has 3 aromatic heterocycles. The van der Waals surface area contributed by atoms with Crippen LogP contribution in [0, 0.1) is 19.3 Å². The van der Waals surface area contributed by atoms with Gasteiger partial charge in [0.2, 0.25) is 5.88 Å². The van der Waals surface area contributed by atoms with Crippen molar-refractivity contribution >= 4 is 21.9 Å². The Morgan fingerprint density at radius 2 is 1.22 bits per heavy atom. The fourth-order valence-electron chi connectivity index (χ4n) is 8.78. The first kappa shape index (κ1) is 29.9. The summed E-state index contributed by atoms with van der Waals surface area (Å²) in [4.78, 5) is 9.76. The Labute approximate surface area is 297 Å². The van der Waals surface area contributed by atoms with Crippen LogP contribution in [0.4, 0.5) is 0 Å². The number of nitrogens with zero attached hydrogens (tertiary/aromatic N) is 2. The molecular weight excluding hydrogens is 625 g/mol. The Bertz CT molecular complexity index is 2610. The number of fused-ring (bicyclic) bond motifs is 5. The van der Waals surface area contributed by atoms with Crippen molar-refractivity contribution in [3.8, 4) is 45.3 Å². The van der Waals surface area contributed by atoms with E-state index in [1.807, 2.05) is 30.5 Å². The maximum Gasteiger partial charge on any atom is 0.219 e. The first-order valence-electron chi connectivity index (χ1n) is 17.8. The van der Waals surface area contributed by atoms with E-state index in [4.69, 9.17) is 19.1 Å². The molecule has 8 aromatic rings.